The summed E-state index contributed by atoms with van der Waals surface area (Å²) >= 11 is 0. The molecule has 0 heterocycles. The topological polar surface area (TPSA) is 52.6 Å². The van der Waals surface area contributed by atoms with E-state index in [1.807, 2.05) is 0 Å². The predicted molar refractivity (Wildman–Crippen MR) is 89.2 cm³/mol. The molecule has 0 unspecified atom stereocenters. The fourth-order valence-electron chi connectivity index (χ4n) is 2.54. The second-order valence-electron chi connectivity index (χ2n) is 5.43. The van der Waals surface area contributed by atoms with Gasteiger partial charge in [-0.3, -0.25) is 9.59 Å². The molecule has 2 aromatic carbocycles. The summed E-state index contributed by atoms with van der Waals surface area (Å²) in [5.74, 6) is -0.0490. The Morgan fingerprint density at radius 3 is 2.42 bits per heavy atom. The van der Waals surface area contributed by atoms with Crippen molar-refractivity contribution in [2.75, 3.05) is 13.7 Å². The summed E-state index contributed by atoms with van der Waals surface area (Å²) in [7, 11) is 1.41. The number of benzene rings is 2. The number of aldehydes is 1. The maximum atomic E-state index is 12.9. The SMILES string of the molecule is CCOC(=O)Cc1ccc(OC)c(-c2ccc(C(F)(F)F)cc2C=O)c1. The molecule has 4 nitrogen and oxygen atoms in total. The molecule has 138 valence electrons. The minimum atomic E-state index is -4.55. The molecule has 7 heteroatoms. The van der Waals surface area contributed by atoms with Crippen molar-refractivity contribution in [1.29, 1.82) is 0 Å². The molecule has 0 aliphatic rings. The minimum absolute atomic E-state index is 0.00188. The summed E-state index contributed by atoms with van der Waals surface area (Å²) in [5.41, 5.74) is 0.271. The number of alkyl halides is 3. The number of methoxy groups -OCH3 is 1. The zero-order valence-corrected chi connectivity index (χ0v) is 14.2. The molecule has 0 aromatic heterocycles. The molecule has 0 saturated heterocycles. The average molecular weight is 366 g/mol. The lowest BCUT2D eigenvalue weighted by atomic mass is 9.95. The van der Waals surface area contributed by atoms with Crippen molar-refractivity contribution in [3.8, 4) is 16.9 Å². The second-order valence-corrected chi connectivity index (χ2v) is 5.43. The normalized spacial score (nSPS) is 11.1. The van der Waals surface area contributed by atoms with Gasteiger partial charge in [0.25, 0.3) is 0 Å². The number of ether oxygens (including phenoxy) is 2. The lowest BCUT2D eigenvalue weighted by molar-refractivity contribution is -0.142. The first-order valence-corrected chi connectivity index (χ1v) is 7.79. The third kappa shape index (κ3) is 4.41. The maximum Gasteiger partial charge on any atom is 0.416 e. The van der Waals surface area contributed by atoms with Crippen molar-refractivity contribution in [2.24, 2.45) is 0 Å². The van der Waals surface area contributed by atoms with E-state index >= 15 is 0 Å². The van der Waals surface area contributed by atoms with Crippen LogP contribution in [0.25, 0.3) is 11.1 Å². The molecule has 0 spiro atoms. The van der Waals surface area contributed by atoms with Gasteiger partial charge in [0.05, 0.1) is 25.7 Å². The smallest absolute Gasteiger partial charge is 0.416 e. The highest BCUT2D eigenvalue weighted by atomic mass is 19.4. The number of carbonyl (C=O) groups excluding carboxylic acids is 2. The van der Waals surface area contributed by atoms with Crippen LogP contribution >= 0.6 is 0 Å². The second kappa shape index (κ2) is 8.03. The summed E-state index contributed by atoms with van der Waals surface area (Å²) in [5, 5.41) is 0. The number of carbonyl (C=O) groups is 2. The first-order chi connectivity index (χ1) is 12.3. The van der Waals surface area contributed by atoms with Gasteiger partial charge in [-0.2, -0.15) is 13.2 Å². The van der Waals surface area contributed by atoms with Crippen molar-refractivity contribution in [3.05, 3.63) is 53.1 Å². The minimum Gasteiger partial charge on any atom is -0.496 e. The van der Waals surface area contributed by atoms with E-state index < -0.39 is 17.7 Å². The fourth-order valence-corrected chi connectivity index (χ4v) is 2.54. The monoisotopic (exact) mass is 366 g/mol. The van der Waals surface area contributed by atoms with E-state index in [1.54, 1.807) is 25.1 Å². The Kier molecular flexibility index (Phi) is 6.02. The molecule has 0 N–H and O–H groups in total. The lowest BCUT2D eigenvalue weighted by Crippen LogP contribution is -2.08. The molecule has 0 atom stereocenters. The van der Waals surface area contributed by atoms with Crippen molar-refractivity contribution >= 4 is 12.3 Å². The largest absolute Gasteiger partial charge is 0.496 e. The number of rotatable bonds is 6. The highest BCUT2D eigenvalue weighted by molar-refractivity contribution is 5.90. The van der Waals surface area contributed by atoms with Crippen LogP contribution in [0.3, 0.4) is 0 Å². The van der Waals surface area contributed by atoms with Crippen LogP contribution < -0.4 is 4.74 Å². The van der Waals surface area contributed by atoms with Crippen molar-refractivity contribution in [3.63, 3.8) is 0 Å². The molecule has 0 bridgehead atoms. The highest BCUT2D eigenvalue weighted by Gasteiger charge is 2.31. The molecular weight excluding hydrogens is 349 g/mol. The Morgan fingerprint density at radius 1 is 1.12 bits per heavy atom. The van der Waals surface area contributed by atoms with Crippen LogP contribution in [0.4, 0.5) is 13.2 Å². The molecule has 0 aliphatic heterocycles. The molecule has 0 fully saturated rings. The van der Waals surface area contributed by atoms with Crippen LogP contribution in [0.5, 0.6) is 5.75 Å². The molecule has 26 heavy (non-hydrogen) atoms. The molecule has 2 rings (SSSR count). The van der Waals surface area contributed by atoms with E-state index in [-0.39, 0.29) is 24.2 Å². The average Bonchev–Trinajstić information content (AvgIpc) is 2.60. The number of hydrogen-bond donors (Lipinski definition) is 0. The van der Waals surface area contributed by atoms with Gasteiger partial charge in [0.1, 0.15) is 5.75 Å². The van der Waals surface area contributed by atoms with E-state index in [4.69, 9.17) is 9.47 Å². The predicted octanol–water partition coefficient (Wildman–Crippen LogP) is 4.30. The standard InChI is InChI=1S/C19H17F3O4/c1-3-26-18(24)9-12-4-7-17(25-2)16(8-12)15-6-5-14(19(20,21)22)10-13(15)11-23/h4-8,10-11H,3,9H2,1-2H3. The third-order valence-corrected chi connectivity index (χ3v) is 3.71. The molecule has 0 aliphatic carbocycles. The van der Waals surface area contributed by atoms with Crippen LogP contribution in [-0.4, -0.2) is 26.0 Å². The Balaban J connectivity index is 2.52. The van der Waals surface area contributed by atoms with Crippen LogP contribution in [0.2, 0.25) is 0 Å². The number of hydrogen-bond acceptors (Lipinski definition) is 4. The molecule has 0 radical (unpaired) electrons. The molecule has 2 aromatic rings. The number of halogens is 3. The van der Waals surface area contributed by atoms with Crippen molar-refractivity contribution < 1.29 is 32.2 Å². The van der Waals surface area contributed by atoms with E-state index in [0.717, 1.165) is 12.1 Å². The summed E-state index contributed by atoms with van der Waals surface area (Å²) in [6.45, 7) is 1.94. The van der Waals surface area contributed by atoms with E-state index in [0.29, 0.717) is 23.2 Å². The Bertz CT molecular complexity index is 813. The van der Waals surface area contributed by atoms with E-state index in [9.17, 15) is 22.8 Å². The van der Waals surface area contributed by atoms with Gasteiger partial charge in [-0.05, 0) is 42.3 Å². The highest BCUT2D eigenvalue weighted by Crippen LogP contribution is 2.36. The van der Waals surface area contributed by atoms with Gasteiger partial charge in [0.15, 0.2) is 6.29 Å². The first-order valence-electron chi connectivity index (χ1n) is 7.79. The number of esters is 1. The van der Waals surface area contributed by atoms with Crippen LogP contribution in [0.1, 0.15) is 28.4 Å². The van der Waals surface area contributed by atoms with Crippen molar-refractivity contribution in [1.82, 2.24) is 0 Å². The van der Waals surface area contributed by atoms with Crippen LogP contribution in [-0.2, 0) is 22.1 Å². The van der Waals surface area contributed by atoms with Gasteiger partial charge < -0.3 is 9.47 Å². The van der Waals surface area contributed by atoms with Gasteiger partial charge in [-0.15, -0.1) is 0 Å². The van der Waals surface area contributed by atoms with Gasteiger partial charge in [0.2, 0.25) is 0 Å². The first kappa shape index (κ1) is 19.5. The van der Waals surface area contributed by atoms with Gasteiger partial charge in [-0.1, -0.05) is 12.1 Å². The van der Waals surface area contributed by atoms with Gasteiger partial charge >= 0.3 is 12.1 Å². The zero-order valence-electron chi connectivity index (χ0n) is 14.2. The van der Waals surface area contributed by atoms with Crippen LogP contribution in [0.15, 0.2) is 36.4 Å². The zero-order chi connectivity index (χ0) is 19.3. The third-order valence-electron chi connectivity index (χ3n) is 3.71. The molecule has 0 amide bonds. The lowest BCUT2D eigenvalue weighted by Gasteiger charge is -2.14. The van der Waals surface area contributed by atoms with E-state index in [2.05, 4.69) is 0 Å². The van der Waals surface area contributed by atoms with Crippen molar-refractivity contribution in [2.45, 2.75) is 19.5 Å². The summed E-state index contributed by atoms with van der Waals surface area (Å²) in [6.07, 6.45) is -4.18. The Hall–Kier alpha value is -2.83. The maximum absolute atomic E-state index is 12.9. The fraction of sp³-hybridized carbons (Fsp3) is 0.263. The molecule has 0 saturated carbocycles. The molecular formula is C19H17F3O4. The Labute approximate surface area is 148 Å². The summed E-state index contributed by atoms with van der Waals surface area (Å²) in [4.78, 5) is 23.0. The summed E-state index contributed by atoms with van der Waals surface area (Å²) in [6, 6.07) is 7.77. The van der Waals surface area contributed by atoms with Gasteiger partial charge in [0, 0.05) is 11.1 Å². The van der Waals surface area contributed by atoms with E-state index in [1.165, 1.54) is 13.2 Å². The van der Waals surface area contributed by atoms with Crippen LogP contribution in [0, 0.1) is 0 Å². The summed E-state index contributed by atoms with van der Waals surface area (Å²) < 4.78 is 48.8. The Morgan fingerprint density at radius 2 is 1.85 bits per heavy atom. The van der Waals surface area contributed by atoms with Gasteiger partial charge in [-0.25, -0.2) is 0 Å². The quantitative estimate of drug-likeness (QED) is 0.565.